The molecule has 6 atom stereocenters. The predicted molar refractivity (Wildman–Crippen MR) is 168 cm³/mol. The molecule has 0 N–H and O–H groups in total. The smallest absolute Gasteiger partial charge is 0.338 e. The Morgan fingerprint density at radius 3 is 2.07 bits per heavy atom. The number of anilines is 1. The Bertz CT molecular complexity index is 1730. The number of ether oxygens (including phenoxy) is 2. The number of rotatable bonds is 9. The van der Waals surface area contributed by atoms with Crippen LogP contribution in [0.5, 0.6) is 5.75 Å². The maximum absolute atomic E-state index is 13.6. The summed E-state index contributed by atoms with van der Waals surface area (Å²) < 4.78 is 11.3. The first-order valence-corrected chi connectivity index (χ1v) is 15.4. The average molecular weight is 600 g/mol. The molecule has 0 radical (unpaired) electrons. The Morgan fingerprint density at radius 1 is 0.756 bits per heavy atom. The third-order valence-electron chi connectivity index (χ3n) is 9.64. The van der Waals surface area contributed by atoms with Gasteiger partial charge in [-0.2, -0.15) is 0 Å². The fourth-order valence-electron chi connectivity index (χ4n) is 7.52. The highest BCUT2D eigenvalue weighted by atomic mass is 16.5. The summed E-state index contributed by atoms with van der Waals surface area (Å²) in [5.41, 5.74) is 3.36. The molecule has 4 aromatic carbocycles. The first kappa shape index (κ1) is 28.7. The van der Waals surface area contributed by atoms with Crippen LogP contribution in [0.25, 0.3) is 0 Å². The van der Waals surface area contributed by atoms with Gasteiger partial charge in [-0.3, -0.25) is 19.3 Å². The highest BCUT2D eigenvalue weighted by Crippen LogP contribution is 2.61. The Morgan fingerprint density at radius 2 is 1.38 bits per heavy atom. The number of imide groups is 1. The normalized spacial score (nSPS) is 23.9. The lowest BCUT2D eigenvalue weighted by Gasteiger charge is -2.28. The lowest BCUT2D eigenvalue weighted by Crippen LogP contribution is -2.33. The maximum atomic E-state index is 13.6. The van der Waals surface area contributed by atoms with E-state index in [-0.39, 0.29) is 46.8 Å². The third kappa shape index (κ3) is 5.33. The van der Waals surface area contributed by atoms with Gasteiger partial charge < -0.3 is 9.47 Å². The minimum absolute atomic E-state index is 0.143. The lowest BCUT2D eigenvalue weighted by atomic mass is 9.73. The number of ketones is 1. The first-order chi connectivity index (χ1) is 21.9. The van der Waals surface area contributed by atoms with Gasteiger partial charge in [0.2, 0.25) is 17.6 Å². The van der Waals surface area contributed by atoms with Gasteiger partial charge in [0.1, 0.15) is 12.4 Å². The summed E-state index contributed by atoms with van der Waals surface area (Å²) in [6.07, 6.45) is 0.826. The molecule has 7 heteroatoms. The minimum atomic E-state index is -1.01. The van der Waals surface area contributed by atoms with E-state index in [4.69, 9.17) is 9.47 Å². The summed E-state index contributed by atoms with van der Waals surface area (Å²) in [7, 11) is 0. The molecule has 0 spiro atoms. The van der Waals surface area contributed by atoms with E-state index in [0.717, 1.165) is 18.4 Å². The molecule has 0 aromatic heterocycles. The van der Waals surface area contributed by atoms with Crippen LogP contribution in [-0.4, -0.2) is 29.7 Å². The maximum Gasteiger partial charge on any atom is 0.338 e. The van der Waals surface area contributed by atoms with E-state index in [0.29, 0.717) is 29.5 Å². The number of amides is 2. The number of carbonyl (C=O) groups is 4. The van der Waals surface area contributed by atoms with E-state index < -0.39 is 12.1 Å². The number of nitrogens with zero attached hydrogens (tertiary/aromatic N) is 1. The zero-order valence-corrected chi connectivity index (χ0v) is 24.9. The van der Waals surface area contributed by atoms with Crippen LogP contribution in [0.3, 0.4) is 0 Å². The molecule has 226 valence electrons. The van der Waals surface area contributed by atoms with E-state index >= 15 is 0 Å². The number of Topliss-reactive ketones (excluding diaryl/α,β-unsaturated/α-hetero) is 1. The van der Waals surface area contributed by atoms with Crippen molar-refractivity contribution in [1.82, 2.24) is 0 Å². The Hall–Kier alpha value is -5.04. The van der Waals surface area contributed by atoms with Gasteiger partial charge in [-0.15, -0.1) is 0 Å². The summed E-state index contributed by atoms with van der Waals surface area (Å²) in [6.45, 7) is 1.95. The van der Waals surface area contributed by atoms with Crippen LogP contribution in [0.4, 0.5) is 5.69 Å². The molecule has 2 amide bonds. The van der Waals surface area contributed by atoms with Gasteiger partial charge in [-0.1, -0.05) is 60.7 Å². The first-order valence-electron chi connectivity index (χ1n) is 15.4. The molecule has 1 aliphatic heterocycles. The molecule has 7 nitrogen and oxygen atoms in total. The van der Waals surface area contributed by atoms with Crippen LogP contribution in [0.2, 0.25) is 0 Å². The summed E-state index contributed by atoms with van der Waals surface area (Å²) in [6, 6.07) is 33.0. The van der Waals surface area contributed by atoms with Gasteiger partial charge in [0, 0.05) is 5.56 Å². The molecule has 45 heavy (non-hydrogen) atoms. The summed E-state index contributed by atoms with van der Waals surface area (Å²) in [5.74, 6) is -0.578. The molecule has 3 aliphatic rings. The van der Waals surface area contributed by atoms with Gasteiger partial charge in [0.25, 0.3) is 0 Å². The molecule has 2 aliphatic carbocycles. The molecule has 1 saturated heterocycles. The topological polar surface area (TPSA) is 90.0 Å². The second-order valence-corrected chi connectivity index (χ2v) is 12.2. The van der Waals surface area contributed by atoms with Crippen molar-refractivity contribution in [2.75, 3.05) is 4.90 Å². The number of benzene rings is 4. The van der Waals surface area contributed by atoms with Crippen LogP contribution in [0, 0.1) is 23.7 Å². The monoisotopic (exact) mass is 599 g/mol. The largest absolute Gasteiger partial charge is 0.489 e. The molecule has 2 bridgehead atoms. The zero-order chi connectivity index (χ0) is 31.1. The fourth-order valence-corrected chi connectivity index (χ4v) is 7.52. The molecule has 0 unspecified atom stereocenters. The second-order valence-electron chi connectivity index (χ2n) is 12.2. The molecular formula is C38H33NO6. The van der Waals surface area contributed by atoms with Crippen molar-refractivity contribution >= 4 is 29.3 Å². The highest BCUT2D eigenvalue weighted by Gasteiger charge is 2.64. The SMILES string of the molecule is C[C@H](OC(=O)c1ccc(N2C(=O)[C@@H]3[C@@H]4C[C@@H]([C@H]3C2=O)[C@H](c2ccccc2)C4)cc1)C(=O)c1ccc(OCc2ccccc2)cc1. The van der Waals surface area contributed by atoms with Crippen LogP contribution in [0.1, 0.15) is 57.5 Å². The van der Waals surface area contributed by atoms with Gasteiger partial charge in [-0.25, -0.2) is 4.79 Å². The Balaban J connectivity index is 0.969. The van der Waals surface area contributed by atoms with Gasteiger partial charge in [0.05, 0.1) is 23.1 Å². The van der Waals surface area contributed by atoms with E-state index in [2.05, 4.69) is 12.1 Å². The highest BCUT2D eigenvalue weighted by molar-refractivity contribution is 6.22. The number of hydrogen-bond donors (Lipinski definition) is 0. The lowest BCUT2D eigenvalue weighted by molar-refractivity contribution is -0.123. The molecule has 1 heterocycles. The summed E-state index contributed by atoms with van der Waals surface area (Å²) in [5, 5.41) is 0. The number of carbonyl (C=O) groups excluding carboxylic acids is 4. The number of fused-ring (bicyclic) bond motifs is 5. The van der Waals surface area contributed by atoms with Gasteiger partial charge in [0.15, 0.2) is 6.10 Å². The van der Waals surface area contributed by atoms with E-state index in [1.165, 1.54) is 29.5 Å². The van der Waals surface area contributed by atoms with Crippen molar-refractivity contribution in [3.8, 4) is 5.75 Å². The predicted octanol–water partition coefficient (Wildman–Crippen LogP) is 6.62. The number of hydrogen-bond acceptors (Lipinski definition) is 6. The number of esters is 1. The van der Waals surface area contributed by atoms with Crippen molar-refractivity contribution in [3.63, 3.8) is 0 Å². The second kappa shape index (κ2) is 11.8. The summed E-state index contributed by atoms with van der Waals surface area (Å²) in [4.78, 5) is 54.3. The third-order valence-corrected chi connectivity index (χ3v) is 9.64. The van der Waals surface area contributed by atoms with Crippen molar-refractivity contribution < 1.29 is 28.7 Å². The van der Waals surface area contributed by atoms with Crippen LogP contribution >= 0.6 is 0 Å². The fraction of sp³-hybridized carbons (Fsp3) is 0.263. The molecule has 4 aromatic rings. The van der Waals surface area contributed by atoms with E-state index in [1.807, 2.05) is 48.5 Å². The van der Waals surface area contributed by atoms with Crippen LogP contribution in [0.15, 0.2) is 109 Å². The standard InChI is InChI=1S/C38H33NO6/c1-23(35(40)26-14-18-30(19-15-26)44-22-24-8-4-2-5-9-24)45-38(43)27-12-16-29(17-13-27)39-36(41)33-28-20-31(25-10-6-3-7-11-25)32(21-28)34(33)37(39)42/h2-19,23,28,31-34H,20-22H2,1H3/t23-,28-,31-,32+,33+,34+/m0/s1. The van der Waals surface area contributed by atoms with E-state index in [1.54, 1.807) is 36.4 Å². The quantitative estimate of drug-likeness (QED) is 0.122. The summed E-state index contributed by atoms with van der Waals surface area (Å²) >= 11 is 0. The average Bonchev–Trinajstić information content (AvgIpc) is 3.75. The van der Waals surface area contributed by atoms with Crippen molar-refractivity contribution in [2.45, 2.75) is 38.4 Å². The Labute approximate surface area is 261 Å². The van der Waals surface area contributed by atoms with E-state index in [9.17, 15) is 19.2 Å². The van der Waals surface area contributed by atoms with Crippen LogP contribution in [-0.2, 0) is 20.9 Å². The minimum Gasteiger partial charge on any atom is -0.489 e. The zero-order valence-electron chi connectivity index (χ0n) is 24.9. The molecule has 2 saturated carbocycles. The van der Waals surface area contributed by atoms with Gasteiger partial charge >= 0.3 is 5.97 Å². The van der Waals surface area contributed by atoms with Crippen molar-refractivity contribution in [3.05, 3.63) is 131 Å². The van der Waals surface area contributed by atoms with Crippen molar-refractivity contribution in [1.29, 1.82) is 0 Å². The van der Waals surface area contributed by atoms with Crippen molar-refractivity contribution in [2.24, 2.45) is 23.7 Å². The van der Waals surface area contributed by atoms with Crippen LogP contribution < -0.4 is 9.64 Å². The molecule has 3 fully saturated rings. The van der Waals surface area contributed by atoms with Gasteiger partial charge in [-0.05, 0) is 97.2 Å². The molecular weight excluding hydrogens is 566 g/mol. The molecule has 7 rings (SSSR count). The Kier molecular flexibility index (Phi) is 7.53.